The molecule has 22 heavy (non-hydrogen) atoms. The standard InChI is InChI=1S/C16H14N2O3S/c1-8-12(20-2)6-5-10-13(8)18-14(21-16(10)19)15-17-11(7-22-15)9-3-4-9/h5-7,9H,3-4H2,1-2H3. The van der Waals surface area contributed by atoms with Gasteiger partial charge in [0.1, 0.15) is 5.75 Å². The molecule has 0 spiro atoms. The number of rotatable bonds is 3. The average Bonchev–Trinajstić information content (AvgIpc) is 3.25. The van der Waals surface area contributed by atoms with E-state index in [0.717, 1.165) is 11.3 Å². The Labute approximate surface area is 130 Å². The fourth-order valence-electron chi connectivity index (χ4n) is 2.52. The predicted octanol–water partition coefficient (Wildman–Crippen LogP) is 3.51. The van der Waals surface area contributed by atoms with Crippen LogP contribution >= 0.6 is 11.3 Å². The number of hydrogen-bond acceptors (Lipinski definition) is 6. The summed E-state index contributed by atoms with van der Waals surface area (Å²) in [5.41, 5.74) is 2.11. The predicted molar refractivity (Wildman–Crippen MR) is 84.7 cm³/mol. The average molecular weight is 314 g/mol. The molecule has 5 nitrogen and oxygen atoms in total. The van der Waals surface area contributed by atoms with Gasteiger partial charge >= 0.3 is 5.63 Å². The number of fused-ring (bicyclic) bond motifs is 1. The van der Waals surface area contributed by atoms with Gasteiger partial charge in [0, 0.05) is 16.9 Å². The summed E-state index contributed by atoms with van der Waals surface area (Å²) in [5, 5.41) is 3.14. The van der Waals surface area contributed by atoms with E-state index in [1.165, 1.54) is 24.2 Å². The van der Waals surface area contributed by atoms with Crippen molar-refractivity contribution in [2.45, 2.75) is 25.7 Å². The summed E-state index contributed by atoms with van der Waals surface area (Å²) in [6.07, 6.45) is 2.38. The van der Waals surface area contributed by atoms with Crippen LogP contribution in [0.1, 0.15) is 30.0 Å². The van der Waals surface area contributed by atoms with Gasteiger partial charge in [0.2, 0.25) is 0 Å². The zero-order valence-corrected chi connectivity index (χ0v) is 13.1. The molecule has 1 aliphatic rings. The van der Waals surface area contributed by atoms with Crippen molar-refractivity contribution in [1.82, 2.24) is 9.97 Å². The first kappa shape index (κ1) is 13.5. The number of ether oxygens (including phenoxy) is 1. The maximum atomic E-state index is 12.2. The van der Waals surface area contributed by atoms with E-state index < -0.39 is 5.63 Å². The second kappa shape index (κ2) is 4.91. The molecule has 112 valence electrons. The van der Waals surface area contributed by atoms with Crippen LogP contribution in [0.4, 0.5) is 0 Å². The molecular weight excluding hydrogens is 300 g/mol. The van der Waals surface area contributed by atoms with Crippen LogP contribution in [0.2, 0.25) is 0 Å². The summed E-state index contributed by atoms with van der Waals surface area (Å²) in [7, 11) is 1.60. The van der Waals surface area contributed by atoms with Gasteiger partial charge in [0.25, 0.3) is 5.89 Å². The van der Waals surface area contributed by atoms with Gasteiger partial charge in [0.05, 0.1) is 23.7 Å². The first-order valence-corrected chi connectivity index (χ1v) is 7.99. The normalized spacial score (nSPS) is 14.5. The third kappa shape index (κ3) is 2.11. The number of thiazole rings is 1. The van der Waals surface area contributed by atoms with E-state index in [1.807, 2.05) is 12.3 Å². The molecule has 6 heteroatoms. The first-order valence-electron chi connectivity index (χ1n) is 7.11. The molecule has 1 saturated carbocycles. The SMILES string of the molecule is COc1ccc2c(=O)oc(-c3nc(C4CC4)cs3)nc2c1C. The summed E-state index contributed by atoms with van der Waals surface area (Å²) < 4.78 is 10.7. The number of hydrogen-bond donors (Lipinski definition) is 0. The Morgan fingerprint density at radius 1 is 1.32 bits per heavy atom. The van der Waals surface area contributed by atoms with E-state index >= 15 is 0 Å². The second-order valence-corrected chi connectivity index (χ2v) is 6.31. The van der Waals surface area contributed by atoms with Crippen LogP contribution < -0.4 is 10.4 Å². The van der Waals surface area contributed by atoms with Gasteiger partial charge in [-0.3, -0.25) is 0 Å². The molecule has 4 rings (SSSR count). The molecule has 2 aromatic heterocycles. The van der Waals surface area contributed by atoms with E-state index in [-0.39, 0.29) is 5.89 Å². The van der Waals surface area contributed by atoms with Crippen molar-refractivity contribution < 1.29 is 9.15 Å². The number of aryl methyl sites for hydroxylation is 1. The van der Waals surface area contributed by atoms with Gasteiger partial charge in [-0.05, 0) is 31.9 Å². The zero-order valence-electron chi connectivity index (χ0n) is 12.3. The summed E-state index contributed by atoms with van der Waals surface area (Å²) in [5.74, 6) is 1.55. The van der Waals surface area contributed by atoms with Gasteiger partial charge in [-0.15, -0.1) is 11.3 Å². The molecule has 0 amide bonds. The maximum absolute atomic E-state index is 12.2. The molecule has 2 heterocycles. The minimum atomic E-state index is -0.395. The van der Waals surface area contributed by atoms with Crippen LogP contribution in [0, 0.1) is 6.92 Å². The highest BCUT2D eigenvalue weighted by atomic mass is 32.1. The van der Waals surface area contributed by atoms with E-state index in [2.05, 4.69) is 9.97 Å². The third-order valence-corrected chi connectivity index (χ3v) is 4.77. The molecule has 0 radical (unpaired) electrons. The molecule has 1 aliphatic carbocycles. The van der Waals surface area contributed by atoms with E-state index in [1.54, 1.807) is 19.2 Å². The van der Waals surface area contributed by atoms with E-state index in [9.17, 15) is 4.79 Å². The lowest BCUT2D eigenvalue weighted by atomic mass is 10.1. The van der Waals surface area contributed by atoms with Gasteiger partial charge in [-0.1, -0.05) is 0 Å². The Bertz CT molecular complexity index is 925. The van der Waals surface area contributed by atoms with Gasteiger partial charge in [-0.25, -0.2) is 14.8 Å². The minimum absolute atomic E-state index is 0.283. The van der Waals surface area contributed by atoms with Crippen LogP contribution in [-0.4, -0.2) is 17.1 Å². The molecule has 0 saturated heterocycles. The Morgan fingerprint density at radius 3 is 2.86 bits per heavy atom. The summed E-state index contributed by atoms with van der Waals surface area (Å²) in [6, 6.07) is 3.44. The molecular formula is C16H14N2O3S. The van der Waals surface area contributed by atoms with Crippen molar-refractivity contribution in [1.29, 1.82) is 0 Å². The highest BCUT2D eigenvalue weighted by Gasteiger charge is 2.27. The molecule has 3 aromatic rings. The lowest BCUT2D eigenvalue weighted by Crippen LogP contribution is -2.04. The molecule has 1 aromatic carbocycles. The number of benzene rings is 1. The van der Waals surface area contributed by atoms with Crippen LogP contribution in [0.25, 0.3) is 21.8 Å². The minimum Gasteiger partial charge on any atom is -0.496 e. The van der Waals surface area contributed by atoms with Crippen molar-refractivity contribution in [2.24, 2.45) is 0 Å². The summed E-state index contributed by atoms with van der Waals surface area (Å²) in [4.78, 5) is 21.3. The highest BCUT2D eigenvalue weighted by Crippen LogP contribution is 2.41. The smallest absolute Gasteiger partial charge is 0.347 e. The first-order chi connectivity index (χ1) is 10.7. The van der Waals surface area contributed by atoms with Gasteiger partial charge in [-0.2, -0.15) is 0 Å². The lowest BCUT2D eigenvalue weighted by Gasteiger charge is -2.07. The molecule has 0 N–H and O–H groups in total. The molecule has 0 aliphatic heterocycles. The monoisotopic (exact) mass is 314 g/mol. The van der Waals surface area contributed by atoms with Crippen molar-refractivity contribution in [3.05, 3.63) is 39.2 Å². The summed E-state index contributed by atoms with van der Waals surface area (Å²) >= 11 is 1.47. The largest absolute Gasteiger partial charge is 0.496 e. The maximum Gasteiger partial charge on any atom is 0.347 e. The highest BCUT2D eigenvalue weighted by molar-refractivity contribution is 7.13. The number of aromatic nitrogens is 2. The molecule has 1 fully saturated rings. The molecule has 0 unspecified atom stereocenters. The van der Waals surface area contributed by atoms with Crippen LogP contribution in [0.15, 0.2) is 26.7 Å². The van der Waals surface area contributed by atoms with Crippen molar-refractivity contribution >= 4 is 22.2 Å². The van der Waals surface area contributed by atoms with Crippen molar-refractivity contribution in [3.63, 3.8) is 0 Å². The quantitative estimate of drug-likeness (QED) is 0.740. The second-order valence-electron chi connectivity index (χ2n) is 5.45. The van der Waals surface area contributed by atoms with Crippen LogP contribution in [-0.2, 0) is 0 Å². The zero-order chi connectivity index (χ0) is 15.3. The van der Waals surface area contributed by atoms with Crippen LogP contribution in [0.5, 0.6) is 5.75 Å². The Kier molecular flexibility index (Phi) is 3.00. The lowest BCUT2D eigenvalue weighted by molar-refractivity contribution is 0.412. The fraction of sp³-hybridized carbons (Fsp3) is 0.312. The van der Waals surface area contributed by atoms with E-state index in [4.69, 9.17) is 9.15 Å². The summed E-state index contributed by atoms with van der Waals surface area (Å²) in [6.45, 7) is 1.88. The van der Waals surface area contributed by atoms with E-state index in [0.29, 0.717) is 27.6 Å². The Morgan fingerprint density at radius 2 is 2.14 bits per heavy atom. The molecule has 0 atom stereocenters. The van der Waals surface area contributed by atoms with Crippen molar-refractivity contribution in [3.8, 4) is 16.6 Å². The van der Waals surface area contributed by atoms with Gasteiger partial charge in [0.15, 0.2) is 5.01 Å². The van der Waals surface area contributed by atoms with Crippen LogP contribution in [0.3, 0.4) is 0 Å². The Hall–Kier alpha value is -2.21. The topological polar surface area (TPSA) is 65.2 Å². The number of methoxy groups -OCH3 is 1. The van der Waals surface area contributed by atoms with Crippen molar-refractivity contribution in [2.75, 3.05) is 7.11 Å². The fourth-order valence-corrected chi connectivity index (χ4v) is 3.34. The number of nitrogens with zero attached hydrogens (tertiary/aromatic N) is 2. The van der Waals surface area contributed by atoms with Gasteiger partial charge < -0.3 is 9.15 Å². The Balaban J connectivity index is 1.90. The third-order valence-electron chi connectivity index (χ3n) is 3.92. The molecule has 0 bridgehead atoms.